The van der Waals surface area contributed by atoms with E-state index in [1.54, 1.807) is 11.3 Å². The number of ether oxygens (including phenoxy) is 1. The van der Waals surface area contributed by atoms with Gasteiger partial charge in [-0.1, -0.05) is 49.0 Å². The average molecular weight is 469 g/mol. The molecule has 2 aromatic heterocycles. The second-order valence-electron chi connectivity index (χ2n) is 8.50. The summed E-state index contributed by atoms with van der Waals surface area (Å²) in [6.07, 6.45) is 1.88. The van der Waals surface area contributed by atoms with E-state index >= 15 is 0 Å². The van der Waals surface area contributed by atoms with Gasteiger partial charge in [0.2, 0.25) is 5.95 Å². The summed E-state index contributed by atoms with van der Waals surface area (Å²) in [6, 6.07) is 9.39. The molecule has 1 saturated heterocycles. The minimum absolute atomic E-state index is 0.0182. The van der Waals surface area contributed by atoms with Crippen molar-refractivity contribution >= 4 is 34.8 Å². The maximum Gasteiger partial charge on any atom is 0.249 e. The number of nitrogens with one attached hydrogen (secondary N) is 2. The molecule has 0 bridgehead atoms. The van der Waals surface area contributed by atoms with Crippen molar-refractivity contribution in [2.45, 2.75) is 50.2 Å². The summed E-state index contributed by atoms with van der Waals surface area (Å²) in [5.41, 5.74) is 6.61. The quantitative estimate of drug-likeness (QED) is 0.435. The predicted octanol–water partition coefficient (Wildman–Crippen LogP) is 3.43. The lowest BCUT2D eigenvalue weighted by Gasteiger charge is -2.35. The number of ketones is 1. The Labute approximate surface area is 194 Å². The fraction of sp³-hybridized carbons (Fsp3) is 0.409. The Bertz CT molecular complexity index is 1190. The fourth-order valence-corrected chi connectivity index (χ4v) is 6.66. The summed E-state index contributed by atoms with van der Waals surface area (Å²) in [6.45, 7) is 5.67. The van der Waals surface area contributed by atoms with Crippen LogP contribution in [0.25, 0.3) is 5.00 Å². The molecule has 2 atom stereocenters. The molecule has 3 aromatic rings. The molecule has 1 aromatic carbocycles. The normalized spacial score (nSPS) is 23.4. The molecule has 0 aliphatic carbocycles. The standard InChI is InChI=1S/C22H24N6O2S2/c1-3-22(2)9-14-16(10-30-22)32-19-17(14)18-23-12-24-28(18)20-25-26-21(27(19)20)31-11-15(29)13-7-5-4-6-8-13/h4-8,18,23-24H,3,9-12H2,1-2H3/t18?,22-/m1/s1. The lowest BCUT2D eigenvalue weighted by molar-refractivity contribution is -0.0549. The number of benzene rings is 1. The van der Waals surface area contributed by atoms with Crippen molar-refractivity contribution in [3.63, 3.8) is 0 Å². The smallest absolute Gasteiger partial charge is 0.249 e. The largest absolute Gasteiger partial charge is 0.369 e. The van der Waals surface area contributed by atoms with Gasteiger partial charge in [0.25, 0.3) is 0 Å². The number of carbonyl (C=O) groups excluding carboxylic acids is 1. The van der Waals surface area contributed by atoms with Crippen molar-refractivity contribution < 1.29 is 9.53 Å². The first-order valence-electron chi connectivity index (χ1n) is 10.8. The SMILES string of the molecule is CC[C@]1(C)Cc2c(sc3c2C2NCNN2c2nnc(SCC(=O)c4ccccc4)n2-3)CO1. The topological polar surface area (TPSA) is 84.3 Å². The minimum Gasteiger partial charge on any atom is -0.369 e. The van der Waals surface area contributed by atoms with Crippen LogP contribution >= 0.6 is 23.1 Å². The van der Waals surface area contributed by atoms with Crippen molar-refractivity contribution in [3.8, 4) is 5.00 Å². The Morgan fingerprint density at radius 3 is 3.00 bits per heavy atom. The van der Waals surface area contributed by atoms with Crippen molar-refractivity contribution in [1.29, 1.82) is 0 Å². The number of Topliss-reactive ketones (excluding diaryl/α,β-unsaturated/α-hetero) is 1. The number of hydrogen-bond acceptors (Lipinski definition) is 9. The fourth-order valence-electron chi connectivity index (χ4n) is 4.52. The van der Waals surface area contributed by atoms with Gasteiger partial charge in [-0.15, -0.1) is 21.5 Å². The van der Waals surface area contributed by atoms with E-state index in [0.29, 0.717) is 24.6 Å². The van der Waals surface area contributed by atoms with Crippen LogP contribution in [0.1, 0.15) is 52.8 Å². The van der Waals surface area contributed by atoms with Crippen molar-refractivity contribution in [2.75, 3.05) is 17.4 Å². The van der Waals surface area contributed by atoms with Crippen LogP contribution in [0.4, 0.5) is 5.95 Å². The Morgan fingerprint density at radius 2 is 2.19 bits per heavy atom. The number of thioether (sulfide) groups is 1. The van der Waals surface area contributed by atoms with Gasteiger partial charge >= 0.3 is 0 Å². The maximum atomic E-state index is 12.7. The van der Waals surface area contributed by atoms with E-state index in [1.807, 2.05) is 30.3 Å². The van der Waals surface area contributed by atoms with E-state index in [-0.39, 0.29) is 17.6 Å². The predicted molar refractivity (Wildman–Crippen MR) is 124 cm³/mol. The molecule has 5 heterocycles. The van der Waals surface area contributed by atoms with Crippen LogP contribution in [0.15, 0.2) is 35.5 Å². The molecule has 1 fully saturated rings. The molecule has 0 spiro atoms. The molecule has 2 N–H and O–H groups in total. The third-order valence-electron chi connectivity index (χ3n) is 6.50. The van der Waals surface area contributed by atoms with Gasteiger partial charge in [-0.2, -0.15) is 0 Å². The van der Waals surface area contributed by atoms with Gasteiger partial charge in [0.1, 0.15) is 11.2 Å². The third kappa shape index (κ3) is 3.12. The summed E-state index contributed by atoms with van der Waals surface area (Å²) in [5.74, 6) is 1.15. The first-order valence-corrected chi connectivity index (χ1v) is 12.6. The zero-order chi connectivity index (χ0) is 21.9. The van der Waals surface area contributed by atoms with E-state index < -0.39 is 0 Å². The minimum atomic E-state index is -0.147. The van der Waals surface area contributed by atoms with Gasteiger partial charge in [0.05, 0.1) is 24.6 Å². The summed E-state index contributed by atoms with van der Waals surface area (Å²) >= 11 is 3.19. The van der Waals surface area contributed by atoms with Gasteiger partial charge in [-0.25, -0.2) is 9.99 Å². The molecule has 0 amide bonds. The summed E-state index contributed by atoms with van der Waals surface area (Å²) in [4.78, 5) is 13.9. The molecule has 32 heavy (non-hydrogen) atoms. The Morgan fingerprint density at radius 1 is 1.34 bits per heavy atom. The van der Waals surface area contributed by atoms with E-state index in [2.05, 4.69) is 44.4 Å². The molecule has 0 saturated carbocycles. The van der Waals surface area contributed by atoms with E-state index in [1.165, 1.54) is 27.8 Å². The highest BCUT2D eigenvalue weighted by molar-refractivity contribution is 7.99. The highest BCUT2D eigenvalue weighted by atomic mass is 32.2. The van der Waals surface area contributed by atoms with E-state index in [4.69, 9.17) is 4.74 Å². The Balaban J connectivity index is 1.38. The molecule has 3 aliphatic rings. The van der Waals surface area contributed by atoms with Crippen LogP contribution in [0, 0.1) is 0 Å². The molecule has 10 heteroatoms. The average Bonchev–Trinajstić information content (AvgIpc) is 3.54. The van der Waals surface area contributed by atoms with Gasteiger partial charge in [-0.3, -0.25) is 15.1 Å². The van der Waals surface area contributed by atoms with Gasteiger partial charge < -0.3 is 4.74 Å². The molecule has 1 unspecified atom stereocenters. The van der Waals surface area contributed by atoms with Crippen LogP contribution in [-0.2, 0) is 17.8 Å². The van der Waals surface area contributed by atoms with Crippen LogP contribution in [0.2, 0.25) is 0 Å². The summed E-state index contributed by atoms with van der Waals surface area (Å²) in [7, 11) is 0. The number of hydrazine groups is 1. The monoisotopic (exact) mass is 468 g/mol. The zero-order valence-corrected chi connectivity index (χ0v) is 19.6. The zero-order valence-electron chi connectivity index (χ0n) is 17.9. The second-order valence-corrected chi connectivity index (χ2v) is 10.5. The highest BCUT2D eigenvalue weighted by Gasteiger charge is 2.44. The Hall–Kier alpha value is -2.24. The van der Waals surface area contributed by atoms with Gasteiger partial charge in [0, 0.05) is 22.4 Å². The number of rotatable bonds is 5. The number of aromatic nitrogens is 3. The number of hydrogen-bond donors (Lipinski definition) is 2. The van der Waals surface area contributed by atoms with Crippen molar-refractivity contribution in [1.82, 2.24) is 25.5 Å². The lowest BCUT2D eigenvalue weighted by Crippen LogP contribution is -2.40. The third-order valence-corrected chi connectivity index (χ3v) is 8.64. The summed E-state index contributed by atoms with van der Waals surface area (Å²) in [5, 5.41) is 16.4. The first kappa shape index (κ1) is 20.4. The van der Waals surface area contributed by atoms with E-state index in [9.17, 15) is 4.79 Å². The van der Waals surface area contributed by atoms with Crippen molar-refractivity contribution in [2.24, 2.45) is 0 Å². The molecular formula is C22H24N6O2S2. The summed E-state index contributed by atoms with van der Waals surface area (Å²) < 4.78 is 8.33. The van der Waals surface area contributed by atoms with Crippen LogP contribution in [-0.4, -0.2) is 38.6 Å². The van der Waals surface area contributed by atoms with Crippen LogP contribution in [0.3, 0.4) is 0 Å². The van der Waals surface area contributed by atoms with Crippen LogP contribution < -0.4 is 15.8 Å². The number of anilines is 1. The number of nitrogens with zero attached hydrogens (tertiary/aromatic N) is 4. The first-order chi connectivity index (χ1) is 15.6. The molecule has 6 rings (SSSR count). The molecule has 8 nitrogen and oxygen atoms in total. The number of carbonyl (C=O) groups is 1. The van der Waals surface area contributed by atoms with Crippen LogP contribution in [0.5, 0.6) is 0 Å². The molecule has 0 radical (unpaired) electrons. The Kier molecular flexibility index (Phi) is 4.88. The number of thiophene rings is 1. The lowest BCUT2D eigenvalue weighted by atomic mass is 9.88. The molecule has 3 aliphatic heterocycles. The van der Waals surface area contributed by atoms with Gasteiger partial charge in [0.15, 0.2) is 10.9 Å². The maximum absolute atomic E-state index is 12.7. The van der Waals surface area contributed by atoms with Gasteiger partial charge in [-0.05, 0) is 18.9 Å². The van der Waals surface area contributed by atoms with E-state index in [0.717, 1.165) is 28.9 Å². The molecular weight excluding hydrogens is 444 g/mol. The van der Waals surface area contributed by atoms with Crippen molar-refractivity contribution in [3.05, 3.63) is 51.9 Å². The highest BCUT2D eigenvalue weighted by Crippen LogP contribution is 2.49. The number of fused-ring (bicyclic) bond motifs is 8. The molecule has 166 valence electrons. The second kappa shape index (κ2) is 7.67.